The minimum Gasteiger partial charge on any atom is -0.381 e. The molecule has 1 aliphatic heterocycles. The smallest absolute Gasteiger partial charge is 0.223 e. The summed E-state index contributed by atoms with van der Waals surface area (Å²) in [5.41, 5.74) is 0.0575. The lowest BCUT2D eigenvalue weighted by Crippen LogP contribution is -2.63. The largest absolute Gasteiger partial charge is 0.381 e. The number of halogens is 1. The lowest BCUT2D eigenvalue weighted by molar-refractivity contribution is -0.137. The molecule has 0 aromatic carbocycles. The minimum absolute atomic E-state index is 0. The average Bonchev–Trinajstić information content (AvgIpc) is 2.20. The molecule has 0 aromatic heterocycles. The zero-order valence-electron chi connectivity index (χ0n) is 11.7. The maximum absolute atomic E-state index is 12.1. The molecule has 2 aliphatic rings. The van der Waals surface area contributed by atoms with Gasteiger partial charge in [0.25, 0.3) is 0 Å². The molecule has 106 valence electrons. The van der Waals surface area contributed by atoms with Crippen LogP contribution in [0.15, 0.2) is 0 Å². The Bertz CT molecular complexity index is 305. The summed E-state index contributed by atoms with van der Waals surface area (Å²) in [6.45, 7) is 8.29. The van der Waals surface area contributed by atoms with Crippen molar-refractivity contribution >= 4 is 18.3 Å². The Balaban J connectivity index is 0.00000162. The zero-order valence-corrected chi connectivity index (χ0v) is 12.5. The average molecular weight is 277 g/mol. The molecule has 1 aliphatic carbocycles. The molecule has 0 radical (unpaired) electrons. The molecule has 0 spiro atoms. The molecule has 3 unspecified atom stereocenters. The van der Waals surface area contributed by atoms with Crippen molar-refractivity contribution in [2.75, 3.05) is 20.2 Å². The van der Waals surface area contributed by atoms with Crippen LogP contribution in [0.1, 0.15) is 27.2 Å². The number of hydrogen-bond donors (Lipinski definition) is 2. The van der Waals surface area contributed by atoms with Crippen LogP contribution in [0.5, 0.6) is 0 Å². The third-order valence-corrected chi connectivity index (χ3v) is 4.71. The van der Waals surface area contributed by atoms with Gasteiger partial charge in [-0.1, -0.05) is 20.8 Å². The number of hydrogen-bond acceptors (Lipinski definition) is 3. The van der Waals surface area contributed by atoms with Crippen molar-refractivity contribution in [3.63, 3.8) is 0 Å². The molecule has 5 heteroatoms. The van der Waals surface area contributed by atoms with Gasteiger partial charge >= 0.3 is 0 Å². The predicted molar refractivity (Wildman–Crippen MR) is 73.9 cm³/mol. The predicted octanol–water partition coefficient (Wildman–Crippen LogP) is 1.19. The fraction of sp³-hybridized carbons (Fsp3) is 0.923. The Morgan fingerprint density at radius 3 is 2.44 bits per heavy atom. The fourth-order valence-electron chi connectivity index (χ4n) is 2.71. The molecule has 1 saturated heterocycles. The van der Waals surface area contributed by atoms with E-state index in [0.29, 0.717) is 5.92 Å². The second-order valence-corrected chi connectivity index (χ2v) is 6.05. The molecule has 18 heavy (non-hydrogen) atoms. The molecule has 2 rings (SSSR count). The van der Waals surface area contributed by atoms with Gasteiger partial charge in [0.2, 0.25) is 5.91 Å². The molecule has 1 heterocycles. The van der Waals surface area contributed by atoms with E-state index in [9.17, 15) is 4.79 Å². The highest BCUT2D eigenvalue weighted by Crippen LogP contribution is 2.42. The van der Waals surface area contributed by atoms with E-state index in [4.69, 9.17) is 4.74 Å². The van der Waals surface area contributed by atoms with Gasteiger partial charge in [0.1, 0.15) is 0 Å². The van der Waals surface area contributed by atoms with Crippen LogP contribution in [0, 0.1) is 17.3 Å². The van der Waals surface area contributed by atoms with E-state index in [0.717, 1.165) is 19.5 Å². The van der Waals surface area contributed by atoms with E-state index in [1.54, 1.807) is 7.11 Å². The van der Waals surface area contributed by atoms with Gasteiger partial charge in [-0.2, -0.15) is 0 Å². The number of carbonyl (C=O) groups excluding carboxylic acids is 1. The Kier molecular flexibility index (Phi) is 5.04. The number of carbonyl (C=O) groups is 1. The van der Waals surface area contributed by atoms with Crippen LogP contribution in [0.3, 0.4) is 0 Å². The Morgan fingerprint density at radius 2 is 2.06 bits per heavy atom. The highest BCUT2D eigenvalue weighted by Gasteiger charge is 2.49. The molecule has 1 saturated carbocycles. The highest BCUT2D eigenvalue weighted by atomic mass is 35.5. The summed E-state index contributed by atoms with van der Waals surface area (Å²) in [5.74, 6) is 0.828. The van der Waals surface area contributed by atoms with Crippen molar-refractivity contribution in [2.24, 2.45) is 17.3 Å². The van der Waals surface area contributed by atoms with Gasteiger partial charge in [-0.3, -0.25) is 4.79 Å². The van der Waals surface area contributed by atoms with Crippen LogP contribution in [0.2, 0.25) is 0 Å². The molecule has 0 aromatic rings. The van der Waals surface area contributed by atoms with Gasteiger partial charge in [0, 0.05) is 24.5 Å². The summed E-state index contributed by atoms with van der Waals surface area (Å²) in [6, 6.07) is 0.260. The van der Waals surface area contributed by atoms with E-state index in [1.807, 2.05) is 6.92 Å². The molecular weight excluding hydrogens is 252 g/mol. The summed E-state index contributed by atoms with van der Waals surface area (Å²) < 4.78 is 5.39. The number of nitrogens with one attached hydrogen (secondary N) is 2. The lowest BCUT2D eigenvalue weighted by atomic mass is 9.64. The first-order chi connectivity index (χ1) is 7.96. The summed E-state index contributed by atoms with van der Waals surface area (Å²) >= 11 is 0. The van der Waals surface area contributed by atoms with Gasteiger partial charge in [0.05, 0.1) is 6.10 Å². The van der Waals surface area contributed by atoms with Crippen molar-refractivity contribution in [3.05, 3.63) is 0 Å². The van der Waals surface area contributed by atoms with E-state index in [1.165, 1.54) is 0 Å². The van der Waals surface area contributed by atoms with E-state index in [2.05, 4.69) is 24.5 Å². The summed E-state index contributed by atoms with van der Waals surface area (Å²) in [4.78, 5) is 12.1. The summed E-state index contributed by atoms with van der Waals surface area (Å²) in [5, 5.41) is 6.38. The number of amides is 1. The Morgan fingerprint density at radius 1 is 1.44 bits per heavy atom. The standard InChI is InChI=1S/C13H24N2O2.ClH/c1-8(9-6-14-7-9)12(16)15-10-5-11(17-4)13(10,2)3;/h8-11,14H,5-7H2,1-4H3,(H,15,16);1H. The molecule has 3 atom stereocenters. The van der Waals surface area contributed by atoms with Gasteiger partial charge in [-0.15, -0.1) is 12.4 Å². The van der Waals surface area contributed by atoms with Crippen LogP contribution in [-0.2, 0) is 9.53 Å². The first-order valence-electron chi connectivity index (χ1n) is 6.50. The van der Waals surface area contributed by atoms with Crippen molar-refractivity contribution < 1.29 is 9.53 Å². The monoisotopic (exact) mass is 276 g/mol. The van der Waals surface area contributed by atoms with Crippen molar-refractivity contribution in [2.45, 2.75) is 39.3 Å². The zero-order chi connectivity index (χ0) is 12.6. The van der Waals surface area contributed by atoms with Crippen LogP contribution in [0.4, 0.5) is 0 Å². The van der Waals surface area contributed by atoms with Crippen molar-refractivity contribution in [3.8, 4) is 0 Å². The highest BCUT2D eigenvalue weighted by molar-refractivity contribution is 5.85. The van der Waals surface area contributed by atoms with Crippen LogP contribution in [-0.4, -0.2) is 38.3 Å². The first kappa shape index (κ1) is 15.7. The second kappa shape index (κ2) is 5.76. The molecule has 1 amide bonds. The van der Waals surface area contributed by atoms with Gasteiger partial charge in [-0.25, -0.2) is 0 Å². The Hall–Kier alpha value is -0.320. The van der Waals surface area contributed by atoms with Crippen LogP contribution >= 0.6 is 12.4 Å². The Labute approximate surface area is 116 Å². The van der Waals surface area contributed by atoms with Crippen molar-refractivity contribution in [1.82, 2.24) is 10.6 Å². The van der Waals surface area contributed by atoms with E-state index >= 15 is 0 Å². The van der Waals surface area contributed by atoms with Crippen LogP contribution in [0.25, 0.3) is 0 Å². The molecule has 2 fully saturated rings. The maximum atomic E-state index is 12.1. The fourth-order valence-corrected chi connectivity index (χ4v) is 2.71. The normalized spacial score (nSPS) is 31.6. The van der Waals surface area contributed by atoms with Gasteiger partial charge < -0.3 is 15.4 Å². The molecule has 0 bridgehead atoms. The molecule has 2 N–H and O–H groups in total. The summed E-state index contributed by atoms with van der Waals surface area (Å²) in [7, 11) is 1.74. The van der Waals surface area contributed by atoms with E-state index < -0.39 is 0 Å². The molecular formula is C13H25ClN2O2. The summed E-state index contributed by atoms with van der Waals surface area (Å²) in [6.07, 6.45) is 1.21. The van der Waals surface area contributed by atoms with Crippen LogP contribution < -0.4 is 10.6 Å². The van der Waals surface area contributed by atoms with Gasteiger partial charge in [-0.05, 0) is 25.4 Å². The first-order valence-corrected chi connectivity index (χ1v) is 6.50. The van der Waals surface area contributed by atoms with Gasteiger partial charge in [0.15, 0.2) is 0 Å². The van der Waals surface area contributed by atoms with Crippen molar-refractivity contribution in [1.29, 1.82) is 0 Å². The van der Waals surface area contributed by atoms with E-state index in [-0.39, 0.29) is 41.8 Å². The minimum atomic E-state index is 0. The second-order valence-electron chi connectivity index (χ2n) is 6.05. The SMILES string of the molecule is COC1CC(NC(=O)C(C)C2CNC2)C1(C)C.Cl. The number of ether oxygens (including phenoxy) is 1. The third kappa shape index (κ3) is 2.65. The third-order valence-electron chi connectivity index (χ3n) is 4.71. The quantitative estimate of drug-likeness (QED) is 0.811. The molecule has 4 nitrogen and oxygen atoms in total. The number of rotatable bonds is 4. The lowest BCUT2D eigenvalue weighted by Gasteiger charge is -2.51. The maximum Gasteiger partial charge on any atom is 0.223 e. The number of methoxy groups -OCH3 is 1. The topological polar surface area (TPSA) is 50.4 Å².